The molecule has 4 aliphatic rings. The quantitative estimate of drug-likeness (QED) is 0.0690. The molecule has 2 bridgehead atoms. The van der Waals surface area contributed by atoms with Crippen molar-refractivity contribution in [3.63, 3.8) is 0 Å². The first-order valence-corrected chi connectivity index (χ1v) is 21.2. The minimum atomic E-state index is -2.40. The molecule has 0 amide bonds. The number of esters is 1. The van der Waals surface area contributed by atoms with Gasteiger partial charge in [-0.15, -0.1) is 0 Å². The molecule has 0 radical (unpaired) electrons. The summed E-state index contributed by atoms with van der Waals surface area (Å²) in [4.78, 5) is 13.6. The van der Waals surface area contributed by atoms with Crippen LogP contribution in [-0.2, 0) is 37.6 Å². The van der Waals surface area contributed by atoms with E-state index in [9.17, 15) is 4.79 Å². The van der Waals surface area contributed by atoms with E-state index in [1.54, 1.807) is 13.2 Å². The largest absolute Gasteiger partial charge is 0.456 e. The van der Waals surface area contributed by atoms with Crippen molar-refractivity contribution in [1.29, 1.82) is 0 Å². The van der Waals surface area contributed by atoms with Crippen LogP contribution in [-0.4, -0.2) is 83.6 Å². The van der Waals surface area contributed by atoms with Gasteiger partial charge >= 0.3 is 5.97 Å². The standard InChI is InChI=1S/C41H66O8Si/c1-27(2)50(28(3)4,29(5)6)49-36(18-17-34-22-30(7)19-20-44-34)37-25-39-41(48-39)38(45-26-43-10)24-32(9)21-31(8)23-35-15-11-13-33(46-35)14-12-16-40(42)47-37/h11-13,16-19,27-29,31,33-39,41H,9,14-15,20-26H2,1-8,10H3/b16-12-,18-17+/t31-,33-,34+,35-,36-,37-,38?,39-,41-/m0/s1. The number of rotatable bonds is 11. The number of carbonyl (C=O) groups excluding carboxylic acids is 1. The summed E-state index contributed by atoms with van der Waals surface area (Å²) in [6.45, 7) is 23.3. The maximum Gasteiger partial charge on any atom is 0.330 e. The summed E-state index contributed by atoms with van der Waals surface area (Å²) in [5.41, 5.74) is 3.48. The minimum Gasteiger partial charge on any atom is -0.456 e. The number of ether oxygens (including phenoxy) is 6. The molecule has 4 heterocycles. The lowest BCUT2D eigenvalue weighted by Gasteiger charge is -2.45. The highest BCUT2D eigenvalue weighted by Crippen LogP contribution is 2.45. The first kappa shape index (κ1) is 40.9. The second-order valence-electron chi connectivity index (χ2n) is 16.0. The molecular weight excluding hydrogens is 649 g/mol. The van der Waals surface area contributed by atoms with Crippen LogP contribution in [0.2, 0.25) is 16.6 Å². The van der Waals surface area contributed by atoms with E-state index in [1.165, 1.54) is 5.57 Å². The summed E-state index contributed by atoms with van der Waals surface area (Å²) >= 11 is 0. The van der Waals surface area contributed by atoms with Crippen LogP contribution in [0.25, 0.3) is 0 Å². The summed E-state index contributed by atoms with van der Waals surface area (Å²) in [5, 5.41) is 0. The fourth-order valence-electron chi connectivity index (χ4n) is 8.49. The molecule has 1 saturated heterocycles. The fraction of sp³-hybridized carbons (Fsp3) is 0.732. The van der Waals surface area contributed by atoms with Crippen molar-refractivity contribution in [2.24, 2.45) is 5.92 Å². The summed E-state index contributed by atoms with van der Waals surface area (Å²) in [7, 11) is -0.771. The normalized spacial score (nSPS) is 33.2. The Morgan fingerprint density at radius 3 is 2.42 bits per heavy atom. The Hall–Kier alpha value is -1.85. The number of cyclic esters (lactones) is 1. The summed E-state index contributed by atoms with van der Waals surface area (Å²) in [6, 6.07) is 0. The SMILES string of the molecule is C=C1CC(OCOC)[C@@H]2O[C@H]2C[C@@H]([C@H](/C=C/[C@@H]2CC(C)=CCO2)O[Si](C(C)C)(C(C)C)C(C)C)OC(=O)/C=C\C[C@@H]2C=CC[C@@H](C[C@@H](C)C1)O2. The van der Waals surface area contributed by atoms with Crippen molar-refractivity contribution < 1.29 is 37.6 Å². The molecule has 50 heavy (non-hydrogen) atoms. The van der Waals surface area contributed by atoms with Gasteiger partial charge in [0, 0.05) is 19.6 Å². The highest BCUT2D eigenvalue weighted by Gasteiger charge is 2.51. The van der Waals surface area contributed by atoms with Crippen molar-refractivity contribution in [3.05, 3.63) is 60.3 Å². The molecule has 0 aromatic carbocycles. The first-order valence-electron chi connectivity index (χ1n) is 19.1. The smallest absolute Gasteiger partial charge is 0.330 e. The second kappa shape index (κ2) is 19.3. The van der Waals surface area contributed by atoms with Gasteiger partial charge in [-0.2, -0.15) is 0 Å². The van der Waals surface area contributed by atoms with Gasteiger partial charge in [-0.1, -0.05) is 103 Å². The van der Waals surface area contributed by atoms with Crippen LogP contribution in [0.1, 0.15) is 100 Å². The van der Waals surface area contributed by atoms with Crippen molar-refractivity contribution in [1.82, 2.24) is 0 Å². The van der Waals surface area contributed by atoms with E-state index in [4.69, 9.17) is 32.8 Å². The third-order valence-electron chi connectivity index (χ3n) is 10.8. The highest BCUT2D eigenvalue weighted by molar-refractivity contribution is 6.77. The molecule has 0 spiro atoms. The van der Waals surface area contributed by atoms with Crippen LogP contribution >= 0.6 is 0 Å². The van der Waals surface area contributed by atoms with Crippen molar-refractivity contribution >= 4 is 14.3 Å². The van der Waals surface area contributed by atoms with Gasteiger partial charge in [0.25, 0.3) is 0 Å². The zero-order chi connectivity index (χ0) is 36.4. The predicted octanol–water partition coefficient (Wildman–Crippen LogP) is 8.93. The molecular formula is C41H66O8Si. The predicted molar refractivity (Wildman–Crippen MR) is 201 cm³/mol. The number of methoxy groups -OCH3 is 1. The molecule has 1 fully saturated rings. The molecule has 1 unspecified atom stereocenters. The average Bonchev–Trinajstić information content (AvgIpc) is 3.81. The van der Waals surface area contributed by atoms with E-state index in [1.807, 2.05) is 6.08 Å². The zero-order valence-corrected chi connectivity index (χ0v) is 33.3. The molecule has 9 heteroatoms. The van der Waals surface area contributed by atoms with Crippen LogP contribution in [0.15, 0.2) is 60.3 Å². The Morgan fingerprint density at radius 1 is 1.00 bits per heavy atom. The van der Waals surface area contributed by atoms with Gasteiger partial charge in [-0.05, 0) is 68.0 Å². The lowest BCUT2D eigenvalue weighted by Crippen LogP contribution is -2.52. The van der Waals surface area contributed by atoms with Gasteiger partial charge in [0.15, 0.2) is 0 Å². The van der Waals surface area contributed by atoms with Gasteiger partial charge < -0.3 is 32.8 Å². The third kappa shape index (κ3) is 11.6. The maximum atomic E-state index is 13.6. The average molecular weight is 715 g/mol. The van der Waals surface area contributed by atoms with Crippen LogP contribution in [0.5, 0.6) is 0 Å². The number of hydrogen-bond donors (Lipinski definition) is 0. The van der Waals surface area contributed by atoms with Gasteiger partial charge in [0.2, 0.25) is 8.32 Å². The topological polar surface area (TPSA) is 85.0 Å². The minimum absolute atomic E-state index is 0.0633. The molecule has 0 aromatic heterocycles. The Morgan fingerprint density at radius 2 is 1.74 bits per heavy atom. The molecule has 0 aliphatic carbocycles. The molecule has 4 rings (SSSR count). The van der Waals surface area contributed by atoms with Gasteiger partial charge in [0.05, 0.1) is 37.1 Å². The van der Waals surface area contributed by atoms with Crippen LogP contribution < -0.4 is 0 Å². The van der Waals surface area contributed by atoms with Gasteiger partial charge in [0.1, 0.15) is 25.1 Å². The summed E-state index contributed by atoms with van der Waals surface area (Å²) < 4.78 is 44.2. The van der Waals surface area contributed by atoms with E-state index in [2.05, 4.69) is 92.3 Å². The zero-order valence-electron chi connectivity index (χ0n) is 32.3. The van der Waals surface area contributed by atoms with Crippen molar-refractivity contribution in [2.45, 2.75) is 166 Å². The summed E-state index contributed by atoms with van der Waals surface area (Å²) in [6.07, 6.45) is 17.8. The lowest BCUT2D eigenvalue weighted by atomic mass is 9.90. The fourth-order valence-corrected chi connectivity index (χ4v) is 14.0. The van der Waals surface area contributed by atoms with Crippen molar-refractivity contribution in [2.75, 3.05) is 20.5 Å². The number of hydrogen-bond acceptors (Lipinski definition) is 8. The molecule has 282 valence electrons. The molecule has 8 nitrogen and oxygen atoms in total. The van der Waals surface area contributed by atoms with E-state index < -0.39 is 20.5 Å². The first-order chi connectivity index (χ1) is 23.8. The van der Waals surface area contributed by atoms with E-state index in [-0.39, 0.29) is 49.4 Å². The van der Waals surface area contributed by atoms with Crippen LogP contribution in [0.4, 0.5) is 0 Å². The van der Waals surface area contributed by atoms with Gasteiger partial charge in [-0.25, -0.2) is 4.79 Å². The molecule has 0 aromatic rings. The molecule has 9 atom stereocenters. The van der Waals surface area contributed by atoms with E-state index >= 15 is 0 Å². The Balaban J connectivity index is 1.69. The Labute approximate surface area is 303 Å². The second-order valence-corrected chi connectivity index (χ2v) is 21.4. The molecule has 4 aliphatic heterocycles. The van der Waals surface area contributed by atoms with Crippen LogP contribution in [0.3, 0.4) is 0 Å². The van der Waals surface area contributed by atoms with Crippen LogP contribution in [0, 0.1) is 5.92 Å². The molecule has 0 N–H and O–H groups in total. The molecule has 0 saturated carbocycles. The number of fused-ring (bicyclic) bond motifs is 3. The Kier molecular flexibility index (Phi) is 15.8. The van der Waals surface area contributed by atoms with E-state index in [0.717, 1.165) is 31.3 Å². The lowest BCUT2D eigenvalue weighted by molar-refractivity contribution is -0.147. The third-order valence-corrected chi connectivity index (χ3v) is 16.9. The van der Waals surface area contributed by atoms with Crippen molar-refractivity contribution in [3.8, 4) is 0 Å². The monoisotopic (exact) mass is 714 g/mol. The number of epoxide rings is 1. The Bertz CT molecular complexity index is 1200. The highest BCUT2D eigenvalue weighted by atomic mass is 28.4. The van der Waals surface area contributed by atoms with Gasteiger partial charge in [-0.3, -0.25) is 0 Å². The summed E-state index contributed by atoms with van der Waals surface area (Å²) in [5.74, 6) is 0.0243. The number of carbonyl (C=O) groups is 1. The maximum absolute atomic E-state index is 13.6. The van der Waals surface area contributed by atoms with E-state index in [0.29, 0.717) is 48.4 Å².